The predicted octanol–water partition coefficient (Wildman–Crippen LogP) is 1.97. The van der Waals surface area contributed by atoms with E-state index in [0.717, 1.165) is 24.5 Å². The number of ether oxygens (including phenoxy) is 1. The van der Waals surface area contributed by atoms with Crippen molar-refractivity contribution in [1.29, 1.82) is 0 Å². The van der Waals surface area contributed by atoms with E-state index in [0.29, 0.717) is 6.42 Å². The minimum Gasteiger partial charge on any atom is -0.459 e. The van der Waals surface area contributed by atoms with Gasteiger partial charge in [0.2, 0.25) is 0 Å². The third-order valence-corrected chi connectivity index (χ3v) is 5.13. The van der Waals surface area contributed by atoms with Crippen molar-refractivity contribution in [3.63, 3.8) is 0 Å². The lowest BCUT2D eigenvalue weighted by atomic mass is 10.2. The molecule has 0 amide bonds. The lowest BCUT2D eigenvalue weighted by Crippen LogP contribution is -2.15. The number of hydrogen-bond donors (Lipinski definition) is 0. The van der Waals surface area contributed by atoms with Gasteiger partial charge in [0.05, 0.1) is 21.5 Å². The van der Waals surface area contributed by atoms with Gasteiger partial charge in [-0.05, 0) is 31.5 Å². The van der Waals surface area contributed by atoms with Crippen molar-refractivity contribution >= 4 is 35.5 Å². The first-order valence-electron chi connectivity index (χ1n) is 5.96. The molecule has 1 atom stereocenters. The van der Waals surface area contributed by atoms with Gasteiger partial charge in [-0.15, -0.1) is 0 Å². The van der Waals surface area contributed by atoms with Crippen LogP contribution in [-0.4, -0.2) is 35.2 Å². The van der Waals surface area contributed by atoms with E-state index in [-0.39, 0.29) is 16.6 Å². The molecule has 118 valence electrons. The molecule has 0 spiro atoms. The van der Waals surface area contributed by atoms with Crippen molar-refractivity contribution in [2.45, 2.75) is 36.2 Å². The summed E-state index contributed by atoms with van der Waals surface area (Å²) in [6.45, 7) is 3.47. The van der Waals surface area contributed by atoms with E-state index in [1.54, 1.807) is 13.8 Å². The molecule has 0 N–H and O–H groups in total. The number of sulfone groups is 1. The summed E-state index contributed by atoms with van der Waals surface area (Å²) < 4.78 is 51.0. The Labute approximate surface area is 128 Å². The molecule has 0 saturated heterocycles. The van der Waals surface area contributed by atoms with Crippen LogP contribution in [0.4, 0.5) is 0 Å². The van der Waals surface area contributed by atoms with Gasteiger partial charge in [-0.3, -0.25) is 0 Å². The van der Waals surface area contributed by atoms with Crippen molar-refractivity contribution in [2.24, 2.45) is 0 Å². The molecule has 1 aromatic rings. The summed E-state index contributed by atoms with van der Waals surface area (Å²) >= 11 is 0. The Morgan fingerprint density at radius 3 is 2.14 bits per heavy atom. The van der Waals surface area contributed by atoms with Gasteiger partial charge in [0.25, 0.3) is 9.05 Å². The van der Waals surface area contributed by atoms with Crippen molar-refractivity contribution in [3.8, 4) is 0 Å². The lowest BCUT2D eigenvalue weighted by molar-refractivity contribution is 0.0334. The number of hydrogen-bond acceptors (Lipinski definition) is 6. The Morgan fingerprint density at radius 2 is 1.71 bits per heavy atom. The molecule has 0 heterocycles. The van der Waals surface area contributed by atoms with Crippen LogP contribution in [0.2, 0.25) is 0 Å². The average Bonchev–Trinajstić information content (AvgIpc) is 2.35. The average molecular weight is 355 g/mol. The maximum Gasteiger partial charge on any atom is 0.338 e. The summed E-state index contributed by atoms with van der Waals surface area (Å²) in [5, 5.41) is 0. The molecule has 1 rings (SSSR count). The van der Waals surface area contributed by atoms with Gasteiger partial charge in [0.15, 0.2) is 9.84 Å². The smallest absolute Gasteiger partial charge is 0.338 e. The normalized spacial score (nSPS) is 13.7. The van der Waals surface area contributed by atoms with Gasteiger partial charge in [-0.1, -0.05) is 6.92 Å². The summed E-state index contributed by atoms with van der Waals surface area (Å²) in [5.41, 5.74) is -0.183. The van der Waals surface area contributed by atoms with E-state index < -0.39 is 29.8 Å². The van der Waals surface area contributed by atoms with Crippen LogP contribution in [0.25, 0.3) is 0 Å². The summed E-state index contributed by atoms with van der Waals surface area (Å²) in [7, 11) is -2.67. The molecule has 9 heteroatoms. The Bertz CT molecular complexity index is 702. The van der Waals surface area contributed by atoms with Crippen molar-refractivity contribution in [1.82, 2.24) is 0 Å². The Hall–Kier alpha value is -1.12. The largest absolute Gasteiger partial charge is 0.459 e. The van der Waals surface area contributed by atoms with Crippen LogP contribution in [0.3, 0.4) is 0 Å². The van der Waals surface area contributed by atoms with Gasteiger partial charge in [-0.2, -0.15) is 0 Å². The van der Waals surface area contributed by atoms with E-state index in [1.165, 1.54) is 0 Å². The molecule has 0 aliphatic carbocycles. The van der Waals surface area contributed by atoms with Gasteiger partial charge in [0.1, 0.15) is 0 Å². The molecule has 0 saturated carbocycles. The highest BCUT2D eigenvalue weighted by Crippen LogP contribution is 2.23. The predicted molar refractivity (Wildman–Crippen MR) is 77.8 cm³/mol. The lowest BCUT2D eigenvalue weighted by Gasteiger charge is -2.12. The molecule has 21 heavy (non-hydrogen) atoms. The first-order valence-corrected chi connectivity index (χ1v) is 10.2. The van der Waals surface area contributed by atoms with Crippen LogP contribution in [0.5, 0.6) is 0 Å². The molecule has 0 radical (unpaired) electrons. The molecular weight excluding hydrogens is 340 g/mol. The van der Waals surface area contributed by atoms with E-state index in [4.69, 9.17) is 15.4 Å². The molecule has 0 aliphatic rings. The zero-order valence-corrected chi connectivity index (χ0v) is 14.0. The van der Waals surface area contributed by atoms with Gasteiger partial charge in [-0.25, -0.2) is 21.6 Å². The van der Waals surface area contributed by atoms with E-state index in [1.807, 2.05) is 0 Å². The number of carbonyl (C=O) groups is 1. The summed E-state index contributed by atoms with van der Waals surface area (Å²) in [6, 6.07) is 2.95. The standard InChI is InChI=1S/C12H15ClO6S2/c1-4-8(2)19-12(14)9-5-10(20(3,15)16)7-11(6-9)21(13,17)18/h5-8H,4H2,1-3H3. The second kappa shape index (κ2) is 6.33. The van der Waals surface area contributed by atoms with Crippen LogP contribution in [0, 0.1) is 0 Å². The number of esters is 1. The zero-order valence-electron chi connectivity index (χ0n) is 11.7. The molecule has 1 unspecified atom stereocenters. The second-order valence-corrected chi connectivity index (χ2v) is 9.11. The third kappa shape index (κ3) is 4.98. The maximum atomic E-state index is 11.9. The molecule has 0 fully saturated rings. The highest BCUT2D eigenvalue weighted by Gasteiger charge is 2.21. The summed E-state index contributed by atoms with van der Waals surface area (Å²) in [5.74, 6) is -0.809. The topological polar surface area (TPSA) is 94.6 Å². The van der Waals surface area contributed by atoms with Crippen LogP contribution in [0.15, 0.2) is 28.0 Å². The Morgan fingerprint density at radius 1 is 1.19 bits per heavy atom. The van der Waals surface area contributed by atoms with Crippen molar-refractivity contribution in [3.05, 3.63) is 23.8 Å². The maximum absolute atomic E-state index is 11.9. The first-order chi connectivity index (χ1) is 9.45. The second-order valence-electron chi connectivity index (χ2n) is 4.53. The minimum atomic E-state index is -4.18. The molecule has 0 aromatic heterocycles. The fourth-order valence-electron chi connectivity index (χ4n) is 1.38. The highest BCUT2D eigenvalue weighted by atomic mass is 35.7. The monoisotopic (exact) mass is 354 g/mol. The van der Waals surface area contributed by atoms with Gasteiger partial charge >= 0.3 is 5.97 Å². The van der Waals surface area contributed by atoms with Gasteiger partial charge in [0, 0.05) is 16.9 Å². The third-order valence-electron chi connectivity index (χ3n) is 2.71. The molecule has 0 aliphatic heterocycles. The van der Waals surface area contributed by atoms with E-state index >= 15 is 0 Å². The number of halogens is 1. The van der Waals surface area contributed by atoms with Crippen molar-refractivity contribution in [2.75, 3.05) is 6.26 Å². The van der Waals surface area contributed by atoms with Crippen molar-refractivity contribution < 1.29 is 26.4 Å². The summed E-state index contributed by atoms with van der Waals surface area (Å²) in [4.78, 5) is 11.1. The highest BCUT2D eigenvalue weighted by molar-refractivity contribution is 8.13. The number of carbonyl (C=O) groups excluding carboxylic acids is 1. The Balaban J connectivity index is 3.43. The summed E-state index contributed by atoms with van der Waals surface area (Å²) in [6.07, 6.45) is 1.09. The Kier molecular flexibility index (Phi) is 5.40. The first kappa shape index (κ1) is 17.9. The van der Waals surface area contributed by atoms with Crippen LogP contribution in [0.1, 0.15) is 30.6 Å². The van der Waals surface area contributed by atoms with Crippen LogP contribution in [-0.2, 0) is 23.6 Å². The molecule has 0 bridgehead atoms. The zero-order chi connectivity index (χ0) is 16.4. The number of benzene rings is 1. The van der Waals surface area contributed by atoms with E-state index in [9.17, 15) is 21.6 Å². The minimum absolute atomic E-state index is 0.183. The van der Waals surface area contributed by atoms with Gasteiger partial charge < -0.3 is 4.74 Å². The molecular formula is C12H15ClO6S2. The van der Waals surface area contributed by atoms with Crippen LogP contribution >= 0.6 is 10.7 Å². The molecule has 6 nitrogen and oxygen atoms in total. The SMILES string of the molecule is CCC(C)OC(=O)c1cc(S(C)(=O)=O)cc(S(=O)(=O)Cl)c1. The quantitative estimate of drug-likeness (QED) is 0.592. The van der Waals surface area contributed by atoms with Crippen LogP contribution < -0.4 is 0 Å². The number of rotatable bonds is 5. The van der Waals surface area contributed by atoms with E-state index in [2.05, 4.69) is 0 Å². The molecule has 1 aromatic carbocycles. The fraction of sp³-hybridized carbons (Fsp3) is 0.417. The fourth-order valence-corrected chi connectivity index (χ4v) is 2.94.